The van der Waals surface area contributed by atoms with Crippen molar-refractivity contribution >= 4 is 39.8 Å². The first-order valence-corrected chi connectivity index (χ1v) is 11.5. The molecule has 0 saturated heterocycles. The first-order chi connectivity index (χ1) is 17.3. The molecule has 1 atom stereocenters. The largest absolute Gasteiger partial charge is 0.476 e. The molecule has 37 heavy (non-hydrogen) atoms. The topological polar surface area (TPSA) is 103 Å². The fourth-order valence-corrected chi connectivity index (χ4v) is 4.31. The number of halogens is 8. The minimum absolute atomic E-state index is 0.433. The van der Waals surface area contributed by atoms with Gasteiger partial charge in [0.15, 0.2) is 16.5 Å². The summed E-state index contributed by atoms with van der Waals surface area (Å²) in [6, 6.07) is 14.1. The maximum atomic E-state index is 12.7. The van der Waals surface area contributed by atoms with Crippen LogP contribution in [0.15, 0.2) is 65.8 Å². The van der Waals surface area contributed by atoms with Gasteiger partial charge >= 0.3 is 11.7 Å². The number of benzene rings is 2. The molecule has 0 aliphatic carbocycles. The standard InChI is InChI=1S/C12H4Cl2F6N4OS.C9H8N2/c13-5-1-4(11(15,16)17)2-6(14)8(5)24-10(22)9(7(3-21)23-24)26(25)12(18,19)20;1-2-5-9(6-3-1)11-8-4-7-10-11/h1-2H,22H2;1-8H. The van der Waals surface area contributed by atoms with Gasteiger partial charge in [-0.2, -0.15) is 41.8 Å². The van der Waals surface area contributed by atoms with E-state index in [-0.39, 0.29) is 0 Å². The average molecular weight is 581 g/mol. The Labute approximate surface area is 217 Å². The van der Waals surface area contributed by atoms with Crippen LogP contribution < -0.4 is 5.73 Å². The molecule has 0 spiro atoms. The molecule has 0 amide bonds. The third-order valence-corrected chi connectivity index (χ3v) is 6.23. The number of nitrogens with zero attached hydrogens (tertiary/aromatic N) is 5. The van der Waals surface area contributed by atoms with E-state index in [0.717, 1.165) is 5.69 Å². The minimum atomic E-state index is -5.25. The summed E-state index contributed by atoms with van der Waals surface area (Å²) in [5.41, 5.74) is -1.33. The molecule has 7 nitrogen and oxygen atoms in total. The van der Waals surface area contributed by atoms with Crippen LogP contribution in [-0.4, -0.2) is 29.3 Å². The Hall–Kier alpha value is -3.54. The molecule has 4 aromatic rings. The van der Waals surface area contributed by atoms with Crippen molar-refractivity contribution in [1.29, 1.82) is 5.26 Å². The second-order valence-corrected chi connectivity index (χ2v) is 9.10. The van der Waals surface area contributed by atoms with Crippen molar-refractivity contribution in [2.45, 2.75) is 16.6 Å². The van der Waals surface area contributed by atoms with Crippen LogP contribution in [0.1, 0.15) is 11.3 Å². The molecule has 0 saturated carbocycles. The molecule has 0 fully saturated rings. The Balaban J connectivity index is 0.000000284. The van der Waals surface area contributed by atoms with E-state index >= 15 is 0 Å². The van der Waals surface area contributed by atoms with Gasteiger partial charge in [0.1, 0.15) is 22.5 Å². The van der Waals surface area contributed by atoms with Gasteiger partial charge in [-0.25, -0.2) is 13.6 Å². The van der Waals surface area contributed by atoms with Crippen LogP contribution in [0.4, 0.5) is 32.2 Å². The Kier molecular flexibility index (Phi) is 8.21. The fourth-order valence-electron chi connectivity index (χ4n) is 2.89. The van der Waals surface area contributed by atoms with E-state index in [0.29, 0.717) is 16.8 Å². The van der Waals surface area contributed by atoms with Crippen LogP contribution in [0.3, 0.4) is 0 Å². The van der Waals surface area contributed by atoms with E-state index in [1.54, 1.807) is 6.20 Å². The highest BCUT2D eigenvalue weighted by Gasteiger charge is 2.42. The lowest BCUT2D eigenvalue weighted by atomic mass is 10.2. The van der Waals surface area contributed by atoms with Crippen molar-refractivity contribution in [1.82, 2.24) is 19.6 Å². The number of para-hydroxylation sites is 1. The Morgan fingerprint density at radius 2 is 1.59 bits per heavy atom. The maximum Gasteiger partial charge on any atom is 0.476 e. The number of anilines is 1. The van der Waals surface area contributed by atoms with Gasteiger partial charge < -0.3 is 5.73 Å². The maximum absolute atomic E-state index is 12.7. The van der Waals surface area contributed by atoms with Gasteiger partial charge in [-0.3, -0.25) is 0 Å². The molecule has 0 aliphatic rings. The summed E-state index contributed by atoms with van der Waals surface area (Å²) in [4.78, 5) is -1.15. The van der Waals surface area contributed by atoms with E-state index in [1.165, 1.54) is 6.07 Å². The number of hydrogen-bond donors (Lipinski definition) is 1. The zero-order valence-corrected chi connectivity index (χ0v) is 20.3. The molecule has 0 radical (unpaired) electrons. The Morgan fingerprint density at radius 1 is 1.00 bits per heavy atom. The van der Waals surface area contributed by atoms with E-state index in [2.05, 4.69) is 10.2 Å². The molecule has 2 heterocycles. The molecule has 2 aromatic carbocycles. The summed E-state index contributed by atoms with van der Waals surface area (Å²) in [5, 5.41) is 15.2. The van der Waals surface area contributed by atoms with Crippen molar-refractivity contribution in [2.75, 3.05) is 5.73 Å². The summed E-state index contributed by atoms with van der Waals surface area (Å²) in [6.07, 6.45) is -1.09. The Morgan fingerprint density at radius 3 is 2.05 bits per heavy atom. The van der Waals surface area contributed by atoms with E-state index < -0.39 is 60.2 Å². The quantitative estimate of drug-likeness (QED) is 0.293. The van der Waals surface area contributed by atoms with Crippen LogP contribution in [0.2, 0.25) is 10.0 Å². The molecular formula is C21H12Cl2F6N6OS. The molecule has 194 valence electrons. The van der Waals surface area contributed by atoms with E-state index in [9.17, 15) is 30.6 Å². The summed E-state index contributed by atoms with van der Waals surface area (Å²) < 4.78 is 90.2. The van der Waals surface area contributed by atoms with Crippen LogP contribution in [0.5, 0.6) is 0 Å². The molecule has 16 heteroatoms. The van der Waals surface area contributed by atoms with Crippen molar-refractivity contribution in [2.24, 2.45) is 0 Å². The van der Waals surface area contributed by atoms with Gasteiger partial charge in [-0.15, -0.1) is 0 Å². The van der Waals surface area contributed by atoms with Gasteiger partial charge in [0.05, 0.1) is 21.3 Å². The molecule has 2 N–H and O–H groups in total. The Bertz CT molecular complexity index is 1440. The number of aromatic nitrogens is 4. The summed E-state index contributed by atoms with van der Waals surface area (Å²) >= 11 is 11.5. The van der Waals surface area contributed by atoms with Crippen LogP contribution in [-0.2, 0) is 17.0 Å². The molecule has 4 rings (SSSR count). The zero-order valence-electron chi connectivity index (χ0n) is 17.9. The van der Waals surface area contributed by atoms with Crippen LogP contribution in [0, 0.1) is 11.3 Å². The minimum Gasteiger partial charge on any atom is -0.383 e. The van der Waals surface area contributed by atoms with Crippen LogP contribution >= 0.6 is 23.2 Å². The van der Waals surface area contributed by atoms with Crippen molar-refractivity contribution in [3.8, 4) is 17.4 Å². The van der Waals surface area contributed by atoms with Gasteiger partial charge in [0, 0.05) is 12.4 Å². The second-order valence-electron chi connectivity index (χ2n) is 6.87. The highest BCUT2D eigenvalue weighted by atomic mass is 35.5. The number of nitrogen functional groups attached to an aromatic ring is 1. The van der Waals surface area contributed by atoms with E-state index in [1.807, 2.05) is 47.3 Å². The smallest absolute Gasteiger partial charge is 0.383 e. The normalized spacial score (nSPS) is 12.4. The lowest BCUT2D eigenvalue weighted by Crippen LogP contribution is -2.18. The summed E-state index contributed by atoms with van der Waals surface area (Å²) in [7, 11) is -3.71. The molecule has 2 aromatic heterocycles. The predicted molar refractivity (Wildman–Crippen MR) is 124 cm³/mol. The second kappa shape index (κ2) is 10.8. The zero-order chi connectivity index (χ0) is 27.5. The summed E-state index contributed by atoms with van der Waals surface area (Å²) in [6.45, 7) is 0. The van der Waals surface area contributed by atoms with Crippen LogP contribution in [0.25, 0.3) is 11.4 Å². The third-order valence-electron chi connectivity index (χ3n) is 4.46. The molecule has 0 aliphatic heterocycles. The summed E-state index contributed by atoms with van der Waals surface area (Å²) in [5.74, 6) is -0.902. The first kappa shape index (κ1) is 28.0. The molecule has 1 unspecified atom stereocenters. The average Bonchev–Trinajstić information content (AvgIpc) is 3.47. The fraction of sp³-hybridized carbons (Fsp3) is 0.0952. The van der Waals surface area contributed by atoms with Crippen molar-refractivity contribution < 1.29 is 30.6 Å². The van der Waals surface area contributed by atoms with Crippen molar-refractivity contribution in [3.05, 3.63) is 82.2 Å². The highest BCUT2D eigenvalue weighted by Crippen LogP contribution is 2.40. The highest BCUT2D eigenvalue weighted by molar-refractivity contribution is 7.86. The van der Waals surface area contributed by atoms with Gasteiger partial charge in [-0.1, -0.05) is 41.4 Å². The monoisotopic (exact) mass is 580 g/mol. The van der Waals surface area contributed by atoms with Gasteiger partial charge in [0.2, 0.25) is 0 Å². The van der Waals surface area contributed by atoms with Gasteiger partial charge in [0.25, 0.3) is 0 Å². The number of alkyl halides is 6. The molecule has 0 bridgehead atoms. The SMILES string of the molecule is N#Cc1nn(-c2c(Cl)cc(C(F)(F)F)cc2Cl)c(N)c1S(=O)C(F)(F)F.c1ccc(-n2cccn2)cc1. The number of hydrogen-bond acceptors (Lipinski definition) is 5. The number of rotatable bonds is 3. The predicted octanol–water partition coefficient (Wildman–Crippen LogP) is 6.15. The van der Waals surface area contributed by atoms with Gasteiger partial charge in [-0.05, 0) is 30.3 Å². The number of nitrogens with two attached hydrogens (primary N) is 1. The third kappa shape index (κ3) is 6.24. The van der Waals surface area contributed by atoms with Crippen molar-refractivity contribution in [3.63, 3.8) is 0 Å². The lowest BCUT2D eigenvalue weighted by Gasteiger charge is -2.13. The lowest BCUT2D eigenvalue weighted by molar-refractivity contribution is -0.137. The number of nitriles is 1. The van der Waals surface area contributed by atoms with E-state index in [4.69, 9.17) is 34.2 Å². The first-order valence-electron chi connectivity index (χ1n) is 9.64. The molecular weight excluding hydrogens is 569 g/mol.